The third-order valence-electron chi connectivity index (χ3n) is 2.84. The highest BCUT2D eigenvalue weighted by molar-refractivity contribution is 4.83. The van der Waals surface area contributed by atoms with Gasteiger partial charge in [-0.15, -0.1) is 0 Å². The van der Waals surface area contributed by atoms with E-state index in [0.29, 0.717) is 0 Å². The van der Waals surface area contributed by atoms with Crippen LogP contribution in [0.25, 0.3) is 0 Å². The van der Waals surface area contributed by atoms with Crippen molar-refractivity contribution in [3.05, 3.63) is 0 Å². The Hall–Kier alpha value is -0.0800. The van der Waals surface area contributed by atoms with Crippen molar-refractivity contribution in [2.45, 2.75) is 63.5 Å². The number of hydrogen-bond acceptors (Lipinski definition) is 2. The Balaban J connectivity index is 2.13. The summed E-state index contributed by atoms with van der Waals surface area (Å²) in [6.45, 7) is 2.03. The molecule has 2 heteroatoms. The molecule has 0 aromatic rings. The van der Waals surface area contributed by atoms with E-state index < -0.39 is 0 Å². The molecular weight excluding hydrogens is 150 g/mol. The van der Waals surface area contributed by atoms with Crippen molar-refractivity contribution in [1.82, 2.24) is 0 Å². The van der Waals surface area contributed by atoms with E-state index >= 15 is 0 Å². The maximum absolute atomic E-state index is 9.96. The van der Waals surface area contributed by atoms with Crippen molar-refractivity contribution in [1.29, 1.82) is 0 Å². The third kappa shape index (κ3) is 3.11. The molecule has 12 heavy (non-hydrogen) atoms. The average molecular weight is 171 g/mol. The van der Waals surface area contributed by atoms with Crippen molar-refractivity contribution < 1.29 is 5.11 Å². The number of rotatable bonds is 4. The van der Waals surface area contributed by atoms with E-state index in [0.717, 1.165) is 32.1 Å². The minimum absolute atomic E-state index is 0.287. The summed E-state index contributed by atoms with van der Waals surface area (Å²) in [6.07, 6.45) is 7.49. The Labute approximate surface area is 75.2 Å². The Kier molecular flexibility index (Phi) is 3.53. The first-order valence-electron chi connectivity index (χ1n) is 5.10. The molecule has 0 spiro atoms. The third-order valence-corrected chi connectivity index (χ3v) is 2.84. The van der Waals surface area contributed by atoms with Gasteiger partial charge in [-0.2, -0.15) is 0 Å². The van der Waals surface area contributed by atoms with Crippen LogP contribution < -0.4 is 5.73 Å². The highest BCUT2D eigenvalue weighted by Gasteiger charge is 2.29. The molecule has 1 saturated carbocycles. The number of aliphatic hydroxyl groups is 1. The lowest BCUT2D eigenvalue weighted by Gasteiger charge is -2.22. The van der Waals surface area contributed by atoms with Crippen molar-refractivity contribution >= 4 is 0 Å². The lowest BCUT2D eigenvalue weighted by atomic mass is 9.94. The van der Waals surface area contributed by atoms with Crippen LogP contribution in [0, 0.1) is 0 Å². The molecule has 0 heterocycles. The van der Waals surface area contributed by atoms with Crippen LogP contribution in [0.5, 0.6) is 0 Å². The fourth-order valence-electron chi connectivity index (χ4n) is 2.04. The van der Waals surface area contributed by atoms with Gasteiger partial charge in [0.25, 0.3) is 0 Å². The van der Waals surface area contributed by atoms with Gasteiger partial charge >= 0.3 is 0 Å². The maximum Gasteiger partial charge on any atom is 0.0647 e. The molecule has 72 valence electrons. The molecule has 2 nitrogen and oxygen atoms in total. The summed E-state index contributed by atoms with van der Waals surface area (Å²) in [4.78, 5) is 0. The molecule has 0 aromatic carbocycles. The maximum atomic E-state index is 9.96. The monoisotopic (exact) mass is 171 g/mol. The fraction of sp³-hybridized carbons (Fsp3) is 1.00. The number of hydrogen-bond donors (Lipinski definition) is 2. The first kappa shape index (κ1) is 10.0. The molecular formula is C10H21NO. The Morgan fingerprint density at radius 2 is 2.00 bits per heavy atom. The SMILES string of the molecule is CC(N)CCCC1(O)CCCC1. The van der Waals surface area contributed by atoms with E-state index in [-0.39, 0.29) is 11.6 Å². The zero-order valence-electron chi connectivity index (χ0n) is 8.05. The van der Waals surface area contributed by atoms with Gasteiger partial charge in [-0.3, -0.25) is 0 Å². The molecule has 0 aromatic heterocycles. The highest BCUT2D eigenvalue weighted by Crippen LogP contribution is 2.33. The number of nitrogens with two attached hydrogens (primary N) is 1. The summed E-state index contributed by atoms with van der Waals surface area (Å²) in [5.41, 5.74) is 5.31. The van der Waals surface area contributed by atoms with Gasteiger partial charge in [-0.1, -0.05) is 12.8 Å². The second-order valence-corrected chi connectivity index (χ2v) is 4.30. The van der Waals surface area contributed by atoms with Crippen LogP contribution >= 0.6 is 0 Å². The Bertz CT molecular complexity index is 128. The molecule has 1 atom stereocenters. The van der Waals surface area contributed by atoms with E-state index in [1.54, 1.807) is 0 Å². The van der Waals surface area contributed by atoms with E-state index in [1.807, 2.05) is 6.92 Å². The van der Waals surface area contributed by atoms with Gasteiger partial charge in [0.15, 0.2) is 0 Å². The van der Waals surface area contributed by atoms with Gasteiger partial charge in [0.05, 0.1) is 5.60 Å². The minimum atomic E-state index is -0.325. The summed E-state index contributed by atoms with van der Waals surface area (Å²) >= 11 is 0. The van der Waals surface area contributed by atoms with Crippen LogP contribution in [0.1, 0.15) is 51.9 Å². The molecule has 1 unspecified atom stereocenters. The average Bonchev–Trinajstić information content (AvgIpc) is 2.35. The molecule has 1 aliphatic rings. The van der Waals surface area contributed by atoms with Gasteiger partial charge in [0.1, 0.15) is 0 Å². The lowest BCUT2D eigenvalue weighted by Crippen LogP contribution is -2.25. The molecule has 1 rings (SSSR count). The zero-order chi connectivity index (χ0) is 9.03. The topological polar surface area (TPSA) is 46.2 Å². The largest absolute Gasteiger partial charge is 0.390 e. The summed E-state index contributed by atoms with van der Waals surface area (Å²) in [5, 5.41) is 9.96. The summed E-state index contributed by atoms with van der Waals surface area (Å²) in [5.74, 6) is 0. The Morgan fingerprint density at radius 1 is 1.42 bits per heavy atom. The fourth-order valence-corrected chi connectivity index (χ4v) is 2.04. The van der Waals surface area contributed by atoms with Gasteiger partial charge < -0.3 is 10.8 Å². The highest BCUT2D eigenvalue weighted by atomic mass is 16.3. The molecule has 1 fully saturated rings. The quantitative estimate of drug-likeness (QED) is 0.677. The normalized spacial score (nSPS) is 24.2. The van der Waals surface area contributed by atoms with E-state index in [2.05, 4.69) is 0 Å². The molecule has 0 saturated heterocycles. The van der Waals surface area contributed by atoms with Crippen LogP contribution in [-0.2, 0) is 0 Å². The van der Waals surface area contributed by atoms with Gasteiger partial charge in [0.2, 0.25) is 0 Å². The smallest absolute Gasteiger partial charge is 0.0647 e. The molecule has 0 amide bonds. The molecule has 0 radical (unpaired) electrons. The van der Waals surface area contributed by atoms with Gasteiger partial charge in [0, 0.05) is 6.04 Å². The summed E-state index contributed by atoms with van der Waals surface area (Å²) < 4.78 is 0. The zero-order valence-corrected chi connectivity index (χ0v) is 8.05. The van der Waals surface area contributed by atoms with E-state index in [1.165, 1.54) is 12.8 Å². The van der Waals surface area contributed by atoms with Crippen molar-refractivity contribution in [3.63, 3.8) is 0 Å². The second kappa shape index (κ2) is 4.24. The van der Waals surface area contributed by atoms with Crippen LogP contribution in [-0.4, -0.2) is 16.7 Å². The van der Waals surface area contributed by atoms with Crippen molar-refractivity contribution in [2.24, 2.45) is 5.73 Å². The van der Waals surface area contributed by atoms with Crippen molar-refractivity contribution in [2.75, 3.05) is 0 Å². The van der Waals surface area contributed by atoms with Gasteiger partial charge in [-0.25, -0.2) is 0 Å². The summed E-state index contributed by atoms with van der Waals surface area (Å²) in [6, 6.07) is 0.287. The predicted octanol–water partition coefficient (Wildman–Crippen LogP) is 1.81. The minimum Gasteiger partial charge on any atom is -0.390 e. The van der Waals surface area contributed by atoms with Crippen LogP contribution in [0.15, 0.2) is 0 Å². The second-order valence-electron chi connectivity index (χ2n) is 4.30. The van der Waals surface area contributed by atoms with Crippen LogP contribution in [0.2, 0.25) is 0 Å². The van der Waals surface area contributed by atoms with Crippen LogP contribution in [0.3, 0.4) is 0 Å². The van der Waals surface area contributed by atoms with Gasteiger partial charge in [-0.05, 0) is 39.0 Å². The predicted molar refractivity (Wildman–Crippen MR) is 50.9 cm³/mol. The van der Waals surface area contributed by atoms with Crippen molar-refractivity contribution in [3.8, 4) is 0 Å². The molecule has 0 bridgehead atoms. The first-order chi connectivity index (χ1) is 5.62. The first-order valence-corrected chi connectivity index (χ1v) is 5.10. The summed E-state index contributed by atoms with van der Waals surface area (Å²) in [7, 11) is 0. The standard InChI is InChI=1S/C10H21NO/c1-9(11)5-4-8-10(12)6-2-3-7-10/h9,12H,2-8,11H2,1H3. The molecule has 1 aliphatic carbocycles. The van der Waals surface area contributed by atoms with E-state index in [9.17, 15) is 5.11 Å². The van der Waals surface area contributed by atoms with E-state index in [4.69, 9.17) is 5.73 Å². The lowest BCUT2D eigenvalue weighted by molar-refractivity contribution is 0.0360. The Morgan fingerprint density at radius 3 is 2.50 bits per heavy atom. The molecule has 3 N–H and O–H groups in total. The molecule has 0 aliphatic heterocycles. The van der Waals surface area contributed by atoms with Crippen LogP contribution in [0.4, 0.5) is 0 Å².